The van der Waals surface area contributed by atoms with Gasteiger partial charge in [0, 0.05) is 36.7 Å². The number of aromatic nitrogens is 1. The fourth-order valence-electron chi connectivity index (χ4n) is 3.61. The van der Waals surface area contributed by atoms with Gasteiger partial charge in [0.05, 0.1) is 31.5 Å². The Balaban J connectivity index is 1.40. The molecule has 1 aliphatic heterocycles. The molecule has 0 unspecified atom stereocenters. The number of methoxy groups -OCH3 is 3. The number of anilines is 1. The van der Waals surface area contributed by atoms with Crippen LogP contribution in [0.4, 0.5) is 5.13 Å². The molecule has 0 N–H and O–H groups in total. The highest BCUT2D eigenvalue weighted by Crippen LogP contribution is 2.38. The van der Waals surface area contributed by atoms with Crippen molar-refractivity contribution in [2.24, 2.45) is 0 Å². The zero-order chi connectivity index (χ0) is 22.7. The van der Waals surface area contributed by atoms with E-state index in [4.69, 9.17) is 19.2 Å². The second-order valence-corrected chi connectivity index (χ2v) is 9.14. The molecule has 3 aromatic rings. The predicted octanol–water partition coefficient (Wildman–Crippen LogP) is 4.45. The van der Waals surface area contributed by atoms with Crippen molar-refractivity contribution in [3.8, 4) is 17.2 Å². The van der Waals surface area contributed by atoms with Crippen LogP contribution >= 0.6 is 27.3 Å². The number of piperazine rings is 1. The molecule has 0 spiro atoms. The number of nitrogens with zero attached hydrogens (tertiary/aromatic N) is 3. The van der Waals surface area contributed by atoms with Gasteiger partial charge in [0.15, 0.2) is 16.6 Å². The van der Waals surface area contributed by atoms with Crippen molar-refractivity contribution in [3.05, 3.63) is 46.4 Å². The van der Waals surface area contributed by atoms with Gasteiger partial charge in [-0.25, -0.2) is 4.98 Å². The van der Waals surface area contributed by atoms with E-state index in [0.717, 1.165) is 38.5 Å². The molecular formula is C23H24BrN3O4S. The van der Waals surface area contributed by atoms with Gasteiger partial charge in [0.2, 0.25) is 11.7 Å². The molecule has 168 valence electrons. The molecule has 1 amide bonds. The highest BCUT2D eigenvalue weighted by Gasteiger charge is 2.22. The average Bonchev–Trinajstić information content (AvgIpc) is 3.25. The van der Waals surface area contributed by atoms with E-state index in [2.05, 4.69) is 26.9 Å². The van der Waals surface area contributed by atoms with Crippen molar-refractivity contribution in [1.29, 1.82) is 0 Å². The van der Waals surface area contributed by atoms with E-state index in [1.165, 1.54) is 0 Å². The number of carbonyl (C=O) groups is 1. The maximum Gasteiger partial charge on any atom is 0.246 e. The quantitative estimate of drug-likeness (QED) is 0.450. The molecule has 7 nitrogen and oxygen atoms in total. The fourth-order valence-corrected chi connectivity index (χ4v) is 5.18. The number of halogens is 1. The number of hydrogen-bond donors (Lipinski definition) is 0. The van der Waals surface area contributed by atoms with Crippen LogP contribution in [0.15, 0.2) is 40.9 Å². The van der Waals surface area contributed by atoms with Crippen LogP contribution in [-0.4, -0.2) is 63.3 Å². The molecule has 0 bridgehead atoms. The van der Waals surface area contributed by atoms with Crippen LogP contribution in [-0.2, 0) is 4.79 Å². The molecule has 0 atom stereocenters. The van der Waals surface area contributed by atoms with Crippen LogP contribution in [0, 0.1) is 0 Å². The highest BCUT2D eigenvalue weighted by atomic mass is 79.9. The zero-order valence-corrected chi connectivity index (χ0v) is 20.5. The summed E-state index contributed by atoms with van der Waals surface area (Å²) in [5.74, 6) is 1.61. The SMILES string of the molecule is COc1cc(/C=C\C(=O)N2CCN(c3nc4ccc(Br)cc4s3)CC2)cc(OC)c1OC. The van der Waals surface area contributed by atoms with E-state index in [0.29, 0.717) is 30.3 Å². The van der Waals surface area contributed by atoms with Gasteiger partial charge in [-0.15, -0.1) is 0 Å². The standard InChI is InChI=1S/C23H24BrN3O4S/c1-29-18-12-15(13-19(30-2)22(18)31-3)4-7-21(28)26-8-10-27(11-9-26)23-25-17-6-5-16(24)14-20(17)32-23/h4-7,12-14H,8-11H2,1-3H3/b7-4-. The molecular weight excluding hydrogens is 494 g/mol. The van der Waals surface area contributed by atoms with Crippen LogP contribution in [0.25, 0.3) is 16.3 Å². The van der Waals surface area contributed by atoms with Crippen LogP contribution in [0.2, 0.25) is 0 Å². The number of ether oxygens (including phenoxy) is 3. The van der Waals surface area contributed by atoms with Crippen molar-refractivity contribution in [2.45, 2.75) is 0 Å². The normalized spacial score (nSPS) is 14.2. The number of carbonyl (C=O) groups excluding carboxylic acids is 1. The van der Waals surface area contributed by atoms with Crippen molar-refractivity contribution >= 4 is 54.6 Å². The highest BCUT2D eigenvalue weighted by molar-refractivity contribution is 9.10. The lowest BCUT2D eigenvalue weighted by atomic mass is 10.1. The lowest BCUT2D eigenvalue weighted by Crippen LogP contribution is -2.48. The van der Waals surface area contributed by atoms with E-state index in [9.17, 15) is 4.79 Å². The third kappa shape index (κ3) is 4.68. The van der Waals surface area contributed by atoms with E-state index >= 15 is 0 Å². The van der Waals surface area contributed by atoms with Gasteiger partial charge in [0.1, 0.15) is 0 Å². The summed E-state index contributed by atoms with van der Waals surface area (Å²) in [6.07, 6.45) is 3.36. The first-order valence-corrected chi connectivity index (χ1v) is 11.7. The number of amides is 1. The molecule has 0 radical (unpaired) electrons. The van der Waals surface area contributed by atoms with E-state index in [1.54, 1.807) is 44.8 Å². The Hall–Kier alpha value is -2.78. The summed E-state index contributed by atoms with van der Waals surface area (Å²) in [7, 11) is 4.70. The Morgan fingerprint density at radius 2 is 1.72 bits per heavy atom. The van der Waals surface area contributed by atoms with Gasteiger partial charge in [0.25, 0.3) is 0 Å². The average molecular weight is 518 g/mol. The summed E-state index contributed by atoms with van der Waals surface area (Å²) in [6.45, 7) is 2.81. The first-order valence-electron chi connectivity index (χ1n) is 10.1. The van der Waals surface area contributed by atoms with E-state index < -0.39 is 0 Å². The smallest absolute Gasteiger partial charge is 0.246 e. The molecule has 1 fully saturated rings. The van der Waals surface area contributed by atoms with Crippen LogP contribution in [0.3, 0.4) is 0 Å². The minimum atomic E-state index is -0.0216. The van der Waals surface area contributed by atoms with Gasteiger partial charge in [-0.05, 0) is 42.0 Å². The molecule has 2 aromatic carbocycles. The topological polar surface area (TPSA) is 64.1 Å². The maximum atomic E-state index is 12.7. The predicted molar refractivity (Wildman–Crippen MR) is 131 cm³/mol. The van der Waals surface area contributed by atoms with Gasteiger partial charge < -0.3 is 24.0 Å². The molecule has 1 saturated heterocycles. The summed E-state index contributed by atoms with van der Waals surface area (Å²) in [6, 6.07) is 9.74. The third-order valence-electron chi connectivity index (χ3n) is 5.31. The number of fused-ring (bicyclic) bond motifs is 1. The summed E-state index contributed by atoms with van der Waals surface area (Å²) >= 11 is 5.19. The Kier molecular flexibility index (Phi) is 6.86. The Morgan fingerprint density at radius 3 is 2.34 bits per heavy atom. The van der Waals surface area contributed by atoms with Gasteiger partial charge in [-0.2, -0.15) is 0 Å². The summed E-state index contributed by atoms with van der Waals surface area (Å²) in [4.78, 5) is 21.6. The lowest BCUT2D eigenvalue weighted by Gasteiger charge is -2.34. The fraction of sp³-hybridized carbons (Fsp3) is 0.304. The van der Waals surface area contributed by atoms with E-state index in [1.807, 2.05) is 29.2 Å². The number of hydrogen-bond acceptors (Lipinski definition) is 7. The molecule has 0 saturated carbocycles. The summed E-state index contributed by atoms with van der Waals surface area (Å²) in [5.41, 5.74) is 1.80. The molecule has 32 heavy (non-hydrogen) atoms. The number of thiazole rings is 1. The van der Waals surface area contributed by atoms with Crippen molar-refractivity contribution in [1.82, 2.24) is 9.88 Å². The number of rotatable bonds is 6. The molecule has 9 heteroatoms. The summed E-state index contributed by atoms with van der Waals surface area (Å²) in [5, 5.41) is 0.998. The number of benzene rings is 2. The molecule has 2 heterocycles. The molecule has 0 aliphatic carbocycles. The molecule has 1 aliphatic rings. The van der Waals surface area contributed by atoms with Gasteiger partial charge in [-0.3, -0.25) is 4.79 Å². The van der Waals surface area contributed by atoms with Gasteiger partial charge in [-0.1, -0.05) is 27.3 Å². The van der Waals surface area contributed by atoms with Crippen molar-refractivity contribution in [2.75, 3.05) is 52.4 Å². The van der Waals surface area contributed by atoms with E-state index in [-0.39, 0.29) is 5.91 Å². The molecule has 1 aromatic heterocycles. The largest absolute Gasteiger partial charge is 0.493 e. The zero-order valence-electron chi connectivity index (χ0n) is 18.1. The van der Waals surface area contributed by atoms with Crippen molar-refractivity contribution < 1.29 is 19.0 Å². The third-order valence-corrected chi connectivity index (χ3v) is 6.88. The second-order valence-electron chi connectivity index (χ2n) is 7.21. The van der Waals surface area contributed by atoms with Crippen LogP contribution in [0.1, 0.15) is 5.56 Å². The van der Waals surface area contributed by atoms with Gasteiger partial charge >= 0.3 is 0 Å². The van der Waals surface area contributed by atoms with Crippen LogP contribution < -0.4 is 19.1 Å². The second kappa shape index (κ2) is 9.79. The summed E-state index contributed by atoms with van der Waals surface area (Å²) < 4.78 is 18.3. The first kappa shape index (κ1) is 22.4. The minimum absolute atomic E-state index is 0.0216. The Bertz CT molecular complexity index is 1130. The Labute approximate surface area is 199 Å². The van der Waals surface area contributed by atoms with Crippen LogP contribution in [0.5, 0.6) is 17.2 Å². The minimum Gasteiger partial charge on any atom is -0.493 e. The monoisotopic (exact) mass is 517 g/mol. The van der Waals surface area contributed by atoms with Crippen molar-refractivity contribution in [3.63, 3.8) is 0 Å². The maximum absolute atomic E-state index is 12.7. The lowest BCUT2D eigenvalue weighted by molar-refractivity contribution is -0.126. The Morgan fingerprint density at radius 1 is 1.03 bits per heavy atom. The molecule has 4 rings (SSSR count). The first-order chi connectivity index (χ1) is 15.5.